The van der Waals surface area contributed by atoms with Crippen LogP contribution in [0.25, 0.3) is 11.0 Å². The van der Waals surface area contributed by atoms with Crippen LogP contribution in [0.15, 0.2) is 63.8 Å². The Morgan fingerprint density at radius 3 is 2.43 bits per heavy atom. The van der Waals surface area contributed by atoms with Crippen LogP contribution >= 0.6 is 0 Å². The van der Waals surface area contributed by atoms with Crippen molar-refractivity contribution in [1.82, 2.24) is 0 Å². The average molecular weight is 306 g/mol. The molecule has 116 valence electrons. The molecule has 0 spiro atoms. The minimum atomic E-state index is -0.448. The van der Waals surface area contributed by atoms with Crippen molar-refractivity contribution in [1.29, 1.82) is 0 Å². The van der Waals surface area contributed by atoms with Gasteiger partial charge in [0.25, 0.3) is 0 Å². The van der Waals surface area contributed by atoms with Crippen molar-refractivity contribution in [3.8, 4) is 0 Å². The molecule has 0 amide bonds. The first-order valence-corrected chi connectivity index (χ1v) is 7.69. The molecule has 0 N–H and O–H groups in total. The molecule has 0 radical (unpaired) electrons. The van der Waals surface area contributed by atoms with Gasteiger partial charge in [-0.3, -0.25) is 4.79 Å². The lowest BCUT2D eigenvalue weighted by molar-refractivity contribution is 0.0992. The number of hydrogen-bond donors (Lipinski definition) is 0. The molecule has 0 saturated carbocycles. The van der Waals surface area contributed by atoms with Gasteiger partial charge >= 0.3 is 5.63 Å². The van der Waals surface area contributed by atoms with E-state index >= 15 is 0 Å². The van der Waals surface area contributed by atoms with Crippen molar-refractivity contribution in [3.63, 3.8) is 0 Å². The Morgan fingerprint density at radius 2 is 1.74 bits per heavy atom. The summed E-state index contributed by atoms with van der Waals surface area (Å²) in [5.74, 6) is 0.342. The maximum atomic E-state index is 12.4. The molecular formula is C20H18O3. The molecule has 0 bridgehead atoms. The predicted octanol–water partition coefficient (Wildman–Crippen LogP) is 4.34. The van der Waals surface area contributed by atoms with Gasteiger partial charge in [-0.15, -0.1) is 0 Å². The molecule has 0 fully saturated rings. The minimum absolute atomic E-state index is 0.0498. The van der Waals surface area contributed by atoms with Gasteiger partial charge < -0.3 is 4.42 Å². The highest BCUT2D eigenvalue weighted by atomic mass is 16.4. The van der Waals surface area contributed by atoms with Gasteiger partial charge in [-0.2, -0.15) is 0 Å². The summed E-state index contributed by atoms with van der Waals surface area (Å²) < 4.78 is 5.27. The first-order valence-electron chi connectivity index (χ1n) is 7.69. The van der Waals surface area contributed by atoms with Crippen LogP contribution < -0.4 is 5.63 Å². The van der Waals surface area contributed by atoms with E-state index < -0.39 is 5.63 Å². The first kappa shape index (κ1) is 15.2. The highest BCUT2D eigenvalue weighted by Crippen LogP contribution is 2.17. The van der Waals surface area contributed by atoms with Crippen molar-refractivity contribution >= 4 is 16.8 Å². The van der Waals surface area contributed by atoms with Crippen LogP contribution in [-0.2, 0) is 6.42 Å². The molecule has 0 atom stereocenters. The van der Waals surface area contributed by atoms with E-state index in [2.05, 4.69) is 13.8 Å². The number of fused-ring (bicyclic) bond motifs is 1. The standard InChI is InChI=1S/C20H18O3/c1-13(2)14-7-9-15(10-8-14)18(21)12-17-11-16-5-3-4-6-19(16)23-20(17)22/h3-11,13H,12H2,1-2H3. The fraction of sp³-hybridized carbons (Fsp3) is 0.200. The molecule has 1 aromatic heterocycles. The number of hydrogen-bond acceptors (Lipinski definition) is 3. The van der Waals surface area contributed by atoms with Gasteiger partial charge in [0.1, 0.15) is 5.58 Å². The van der Waals surface area contributed by atoms with Crippen LogP contribution in [0.2, 0.25) is 0 Å². The number of para-hydroxylation sites is 1. The number of ketones is 1. The molecule has 3 heteroatoms. The van der Waals surface area contributed by atoms with Crippen LogP contribution in [0, 0.1) is 0 Å². The third-order valence-corrected chi connectivity index (χ3v) is 3.96. The van der Waals surface area contributed by atoms with Crippen molar-refractivity contribution in [3.05, 3.63) is 81.7 Å². The quantitative estimate of drug-likeness (QED) is 0.532. The summed E-state index contributed by atoms with van der Waals surface area (Å²) in [6, 6.07) is 16.6. The molecule has 2 aromatic carbocycles. The van der Waals surface area contributed by atoms with E-state index in [-0.39, 0.29) is 12.2 Å². The van der Waals surface area contributed by atoms with Crippen LogP contribution in [0.5, 0.6) is 0 Å². The van der Waals surface area contributed by atoms with Crippen molar-refractivity contribution in [2.24, 2.45) is 0 Å². The van der Waals surface area contributed by atoms with Crippen LogP contribution in [-0.4, -0.2) is 5.78 Å². The second kappa shape index (κ2) is 6.21. The largest absolute Gasteiger partial charge is 0.423 e. The molecule has 23 heavy (non-hydrogen) atoms. The first-order chi connectivity index (χ1) is 11.0. The molecule has 0 aliphatic carbocycles. The van der Waals surface area contributed by atoms with E-state index in [9.17, 15) is 9.59 Å². The van der Waals surface area contributed by atoms with E-state index in [1.54, 1.807) is 12.1 Å². The van der Waals surface area contributed by atoms with Crippen LogP contribution in [0.3, 0.4) is 0 Å². The van der Waals surface area contributed by atoms with Crippen molar-refractivity contribution < 1.29 is 9.21 Å². The van der Waals surface area contributed by atoms with Gasteiger partial charge in [-0.25, -0.2) is 4.79 Å². The third kappa shape index (κ3) is 3.24. The number of carbonyl (C=O) groups is 1. The second-order valence-electron chi connectivity index (χ2n) is 5.97. The Balaban J connectivity index is 1.87. The Labute approximate surface area is 134 Å². The SMILES string of the molecule is CC(C)c1ccc(C(=O)Cc2cc3ccccc3oc2=O)cc1. The monoisotopic (exact) mass is 306 g/mol. The summed E-state index contributed by atoms with van der Waals surface area (Å²) in [4.78, 5) is 24.4. The van der Waals surface area contributed by atoms with Crippen molar-refractivity contribution in [2.45, 2.75) is 26.2 Å². The summed E-state index contributed by atoms with van der Waals surface area (Å²) in [6.07, 6.45) is 0.0498. The number of carbonyl (C=O) groups excluding carboxylic acids is 1. The molecule has 1 heterocycles. The van der Waals surface area contributed by atoms with Gasteiger partial charge in [0.2, 0.25) is 0 Å². The van der Waals surface area contributed by atoms with Gasteiger partial charge in [-0.05, 0) is 23.6 Å². The topological polar surface area (TPSA) is 47.3 Å². The Morgan fingerprint density at radius 1 is 1.04 bits per heavy atom. The summed E-state index contributed by atoms with van der Waals surface area (Å²) in [7, 11) is 0. The maximum Gasteiger partial charge on any atom is 0.339 e. The molecule has 0 unspecified atom stereocenters. The van der Waals surface area contributed by atoms with Crippen molar-refractivity contribution in [2.75, 3.05) is 0 Å². The molecule has 3 aromatic rings. The Hall–Kier alpha value is -2.68. The van der Waals surface area contributed by atoms with Crippen LogP contribution in [0.4, 0.5) is 0 Å². The fourth-order valence-corrected chi connectivity index (χ4v) is 2.56. The number of rotatable bonds is 4. The van der Waals surface area contributed by atoms with Gasteiger partial charge in [-0.1, -0.05) is 56.3 Å². The van der Waals surface area contributed by atoms with E-state index in [4.69, 9.17) is 4.42 Å². The zero-order valence-electron chi connectivity index (χ0n) is 13.2. The number of Topliss-reactive ketones (excluding diaryl/α,β-unsaturated/α-hetero) is 1. The molecule has 0 aliphatic heterocycles. The van der Waals surface area contributed by atoms with Gasteiger partial charge in [0.15, 0.2) is 5.78 Å². The second-order valence-corrected chi connectivity index (χ2v) is 5.97. The summed E-state index contributed by atoms with van der Waals surface area (Å²) in [5, 5.41) is 0.824. The molecular weight excluding hydrogens is 288 g/mol. The predicted molar refractivity (Wildman–Crippen MR) is 91.0 cm³/mol. The lowest BCUT2D eigenvalue weighted by Gasteiger charge is -2.06. The Kier molecular flexibility index (Phi) is 4.11. The van der Waals surface area contributed by atoms with E-state index in [0.717, 1.165) is 5.39 Å². The van der Waals surface area contributed by atoms with Crippen LogP contribution in [0.1, 0.15) is 41.3 Å². The van der Waals surface area contributed by atoms with Gasteiger partial charge in [0.05, 0.1) is 0 Å². The summed E-state index contributed by atoms with van der Waals surface area (Å²) in [5.41, 5.74) is 2.28. The van der Waals surface area contributed by atoms with E-state index in [0.29, 0.717) is 22.6 Å². The third-order valence-electron chi connectivity index (χ3n) is 3.96. The number of benzene rings is 2. The molecule has 3 rings (SSSR count). The van der Waals surface area contributed by atoms with E-state index in [1.807, 2.05) is 42.5 Å². The molecule has 3 nitrogen and oxygen atoms in total. The smallest absolute Gasteiger partial charge is 0.339 e. The molecule has 0 aliphatic rings. The fourth-order valence-electron chi connectivity index (χ4n) is 2.56. The maximum absolute atomic E-state index is 12.4. The summed E-state index contributed by atoms with van der Waals surface area (Å²) >= 11 is 0. The normalized spacial score (nSPS) is 11.1. The highest BCUT2D eigenvalue weighted by molar-refractivity contribution is 5.97. The van der Waals surface area contributed by atoms with Gasteiger partial charge in [0, 0.05) is 22.9 Å². The average Bonchev–Trinajstić information content (AvgIpc) is 2.55. The zero-order valence-corrected chi connectivity index (χ0v) is 13.2. The zero-order chi connectivity index (χ0) is 16.4. The minimum Gasteiger partial charge on any atom is -0.423 e. The van der Waals surface area contributed by atoms with E-state index in [1.165, 1.54) is 5.56 Å². The lowest BCUT2D eigenvalue weighted by atomic mass is 9.98. The highest BCUT2D eigenvalue weighted by Gasteiger charge is 2.12. The summed E-state index contributed by atoms with van der Waals surface area (Å²) in [6.45, 7) is 4.22. The Bertz CT molecular complexity index is 902. The lowest BCUT2D eigenvalue weighted by Crippen LogP contribution is -2.13. The molecule has 0 saturated heterocycles.